The molecule has 1 saturated heterocycles. The van der Waals surface area contributed by atoms with Gasteiger partial charge in [0.05, 0.1) is 54.4 Å². The number of nitrogens with zero attached hydrogens (tertiary/aromatic N) is 2. The molecule has 0 bridgehead atoms. The Balaban J connectivity index is 0. The number of hydrogen-bond donors (Lipinski definition) is 0. The van der Waals surface area contributed by atoms with Crippen LogP contribution >= 0.6 is 0 Å². The van der Waals surface area contributed by atoms with E-state index < -0.39 is 0 Å². The predicted molar refractivity (Wildman–Crippen MR) is 62.2 cm³/mol. The molecule has 1 aliphatic rings. The van der Waals surface area contributed by atoms with Gasteiger partial charge in [-0.25, -0.2) is 0 Å². The second-order valence-electron chi connectivity index (χ2n) is 6.22. The van der Waals surface area contributed by atoms with Crippen LogP contribution in [0, 0.1) is 0 Å². The van der Waals surface area contributed by atoms with Crippen LogP contribution in [0.2, 0.25) is 0 Å². The van der Waals surface area contributed by atoms with E-state index in [4.69, 9.17) is 0 Å². The Morgan fingerprint density at radius 2 is 1.44 bits per heavy atom. The van der Waals surface area contributed by atoms with E-state index in [1.54, 1.807) is 0 Å². The average Bonchev–Trinajstić information content (AvgIpc) is 2.02. The van der Waals surface area contributed by atoms with Crippen molar-refractivity contribution in [2.75, 3.05) is 54.4 Å². The van der Waals surface area contributed by atoms with Crippen molar-refractivity contribution in [2.45, 2.75) is 25.7 Å². The molecule has 1 fully saturated rings. The summed E-state index contributed by atoms with van der Waals surface area (Å²) in [5, 5.41) is 0. The third-order valence-electron chi connectivity index (χ3n) is 3.42. The molecule has 0 radical (unpaired) electrons. The first-order chi connectivity index (χ1) is 6.41. The summed E-state index contributed by atoms with van der Waals surface area (Å²) >= 11 is 0. The number of likely N-dealkylation sites (tertiary alicyclic amines) is 1. The topological polar surface area (TPSA) is 0 Å². The molecule has 2 nitrogen and oxygen atoms in total. The second kappa shape index (κ2) is 8.06. The van der Waals surface area contributed by atoms with Crippen LogP contribution in [0.1, 0.15) is 25.7 Å². The molecule has 16 heavy (non-hydrogen) atoms. The summed E-state index contributed by atoms with van der Waals surface area (Å²) in [5.74, 6) is 0. The largest absolute Gasteiger partial charge is 1.00 e. The smallest absolute Gasteiger partial charge is 0.0838 e. The molecule has 1 aliphatic heterocycles. The molecule has 0 saturated carbocycles. The van der Waals surface area contributed by atoms with Gasteiger partial charge < -0.3 is 42.9 Å². The van der Waals surface area contributed by atoms with E-state index in [0.717, 1.165) is 4.48 Å². The van der Waals surface area contributed by atoms with Gasteiger partial charge in [-0.05, 0) is 19.3 Å². The van der Waals surface area contributed by atoms with Crippen molar-refractivity contribution in [2.24, 2.45) is 0 Å². The van der Waals surface area contributed by atoms with E-state index in [1.807, 2.05) is 0 Å². The van der Waals surface area contributed by atoms with Crippen LogP contribution in [0.25, 0.3) is 0 Å². The Labute approximate surface area is 123 Å². The number of rotatable bonds is 4. The summed E-state index contributed by atoms with van der Waals surface area (Å²) in [7, 11) is 9.30. The molecule has 1 heterocycles. The Bertz CT molecular complexity index is 172. The number of hydrogen-bond acceptors (Lipinski definition) is 0. The maximum absolute atomic E-state index is 2.44. The summed E-state index contributed by atoms with van der Waals surface area (Å²) in [6, 6.07) is 0. The zero-order chi connectivity index (χ0) is 10.7. The zero-order valence-electron chi connectivity index (χ0n) is 11.3. The molecule has 0 spiro atoms. The van der Waals surface area contributed by atoms with Crippen molar-refractivity contribution in [3.05, 3.63) is 0 Å². The lowest BCUT2D eigenvalue weighted by Crippen LogP contribution is -3.00. The molecule has 0 unspecified atom stereocenters. The first kappa shape index (κ1) is 19.2. The van der Waals surface area contributed by atoms with Crippen molar-refractivity contribution in [1.82, 2.24) is 0 Å². The Morgan fingerprint density at radius 3 is 1.88 bits per heavy atom. The van der Waals surface area contributed by atoms with E-state index in [-0.39, 0.29) is 34.0 Å². The Kier molecular flexibility index (Phi) is 9.69. The van der Waals surface area contributed by atoms with Crippen LogP contribution in [0.15, 0.2) is 0 Å². The normalized spacial score (nSPS) is 19.5. The summed E-state index contributed by atoms with van der Waals surface area (Å²) in [5.41, 5.74) is 0. The van der Waals surface area contributed by atoms with E-state index in [2.05, 4.69) is 28.2 Å². The van der Waals surface area contributed by atoms with E-state index >= 15 is 0 Å². The van der Waals surface area contributed by atoms with Crippen molar-refractivity contribution in [3.8, 4) is 0 Å². The van der Waals surface area contributed by atoms with Crippen molar-refractivity contribution >= 4 is 0 Å². The molecular weight excluding hydrogens is 332 g/mol. The third kappa shape index (κ3) is 8.04. The van der Waals surface area contributed by atoms with Gasteiger partial charge in [-0.1, -0.05) is 0 Å². The number of quaternary nitrogens is 2. The number of halogens is 2. The molecule has 1 rings (SSSR count). The molecule has 0 aromatic rings. The van der Waals surface area contributed by atoms with Crippen LogP contribution in [0.3, 0.4) is 0 Å². The van der Waals surface area contributed by atoms with Gasteiger partial charge in [0.2, 0.25) is 0 Å². The van der Waals surface area contributed by atoms with Crippen LogP contribution in [-0.4, -0.2) is 63.3 Å². The van der Waals surface area contributed by atoms with Crippen LogP contribution in [0.5, 0.6) is 0 Å². The van der Waals surface area contributed by atoms with Gasteiger partial charge >= 0.3 is 0 Å². The molecule has 0 amide bonds. The Morgan fingerprint density at radius 1 is 0.938 bits per heavy atom. The standard InChI is InChI=1S/C12H28N2.2BrH/c1-13(2,3)9-8-12-14(4)10-6-5-7-11-14;;/h5-12H2,1-4H3;2*1H/q+2;;/p-2. The zero-order valence-corrected chi connectivity index (χ0v) is 14.5. The highest BCUT2D eigenvalue weighted by Crippen LogP contribution is 2.16. The monoisotopic (exact) mass is 358 g/mol. The van der Waals surface area contributed by atoms with Gasteiger partial charge in [0.15, 0.2) is 0 Å². The molecule has 0 aromatic heterocycles. The van der Waals surface area contributed by atoms with Crippen molar-refractivity contribution in [3.63, 3.8) is 0 Å². The first-order valence-corrected chi connectivity index (χ1v) is 6.05. The SMILES string of the molecule is C[N+](C)(C)CCC[N+]1(C)CCCCC1.[Br-].[Br-]. The fraction of sp³-hybridized carbons (Fsp3) is 1.00. The van der Waals surface area contributed by atoms with Crippen LogP contribution in [-0.2, 0) is 0 Å². The van der Waals surface area contributed by atoms with Crippen molar-refractivity contribution in [1.29, 1.82) is 0 Å². The fourth-order valence-corrected chi connectivity index (χ4v) is 2.43. The minimum Gasteiger partial charge on any atom is -1.00 e. The van der Waals surface area contributed by atoms with Crippen LogP contribution < -0.4 is 34.0 Å². The summed E-state index contributed by atoms with van der Waals surface area (Å²) in [4.78, 5) is 0. The minimum atomic E-state index is 0. The summed E-state index contributed by atoms with van der Waals surface area (Å²) in [6.07, 6.45) is 5.73. The van der Waals surface area contributed by atoms with Gasteiger partial charge in [0.25, 0.3) is 0 Å². The van der Waals surface area contributed by atoms with Gasteiger partial charge in [-0.3, -0.25) is 0 Å². The predicted octanol–water partition coefficient (Wildman–Crippen LogP) is -4.28. The van der Waals surface area contributed by atoms with Crippen LogP contribution in [0.4, 0.5) is 0 Å². The molecule has 0 atom stereocenters. The first-order valence-electron chi connectivity index (χ1n) is 6.05. The Hall–Kier alpha value is 0.880. The quantitative estimate of drug-likeness (QED) is 0.446. The molecule has 0 aromatic carbocycles. The maximum Gasteiger partial charge on any atom is 0.0838 e. The number of piperidine rings is 1. The lowest BCUT2D eigenvalue weighted by molar-refractivity contribution is -0.921. The highest BCUT2D eigenvalue weighted by atomic mass is 79.9. The van der Waals surface area contributed by atoms with Gasteiger partial charge in [0.1, 0.15) is 0 Å². The highest BCUT2D eigenvalue weighted by Gasteiger charge is 2.24. The third-order valence-corrected chi connectivity index (χ3v) is 3.42. The molecule has 0 aliphatic carbocycles. The fourth-order valence-electron chi connectivity index (χ4n) is 2.43. The van der Waals surface area contributed by atoms with E-state index in [0.29, 0.717) is 0 Å². The maximum atomic E-state index is 2.44. The lowest BCUT2D eigenvalue weighted by atomic mass is 10.1. The van der Waals surface area contributed by atoms with Gasteiger partial charge in [0, 0.05) is 6.42 Å². The minimum absolute atomic E-state index is 0. The lowest BCUT2D eigenvalue weighted by Gasteiger charge is -2.38. The molecule has 100 valence electrons. The van der Waals surface area contributed by atoms with E-state index in [1.165, 1.54) is 56.3 Å². The average molecular weight is 360 g/mol. The summed E-state index contributed by atoms with van der Waals surface area (Å²) < 4.78 is 2.44. The van der Waals surface area contributed by atoms with Crippen molar-refractivity contribution < 1.29 is 42.9 Å². The molecule has 0 N–H and O–H groups in total. The summed E-state index contributed by atoms with van der Waals surface area (Å²) in [6.45, 7) is 5.53. The molecular formula is C12H28Br2N2. The molecule has 4 heteroatoms. The van der Waals surface area contributed by atoms with Gasteiger partial charge in [-0.15, -0.1) is 0 Å². The second-order valence-corrected chi connectivity index (χ2v) is 6.22. The van der Waals surface area contributed by atoms with Gasteiger partial charge in [-0.2, -0.15) is 0 Å². The van der Waals surface area contributed by atoms with E-state index in [9.17, 15) is 0 Å². The highest BCUT2D eigenvalue weighted by molar-refractivity contribution is 4.51.